The summed E-state index contributed by atoms with van der Waals surface area (Å²) in [5, 5.41) is 33.3. The summed E-state index contributed by atoms with van der Waals surface area (Å²) in [5.74, 6) is -0.478. The zero-order chi connectivity index (χ0) is 35.9. The Labute approximate surface area is 305 Å². The maximum Gasteiger partial charge on any atom is 0.249 e. The van der Waals surface area contributed by atoms with Crippen LogP contribution in [-0.4, -0.2) is 46.1 Å². The maximum atomic E-state index is 12.5. The summed E-state index contributed by atoms with van der Waals surface area (Å²) in [6.45, 7) is 4.21. The highest BCUT2D eigenvalue weighted by atomic mass is 16.3. The number of aliphatic hydroxyl groups is 3. The highest BCUT2D eigenvalue weighted by molar-refractivity contribution is 5.80. The predicted molar refractivity (Wildman–Crippen MR) is 213 cm³/mol. The standard InChI is InChI=1S/C44H85NO4/c1-3-5-7-9-11-13-15-17-19-21-22-23-25-26-28-30-32-34-36-38-42(47)41(40-46)45-44(49)43(48)39-37-35-33-31-29-27-24-20-18-16-14-12-10-8-6-4-2/h12,14,18,20,41-43,46-48H,3-11,13,15-17,19,21-40H2,1-2H3,(H,45,49)/b14-12-,20-18-. The Kier molecular flexibility index (Phi) is 38.7. The summed E-state index contributed by atoms with van der Waals surface area (Å²) in [5.41, 5.74) is 0. The molecule has 3 atom stereocenters. The van der Waals surface area contributed by atoms with E-state index in [1.165, 1.54) is 154 Å². The van der Waals surface area contributed by atoms with Gasteiger partial charge in [0.15, 0.2) is 0 Å². The van der Waals surface area contributed by atoms with Crippen molar-refractivity contribution in [3.8, 4) is 0 Å². The van der Waals surface area contributed by atoms with E-state index in [4.69, 9.17) is 0 Å². The van der Waals surface area contributed by atoms with E-state index in [0.29, 0.717) is 12.8 Å². The molecule has 1 amide bonds. The molecule has 0 saturated heterocycles. The fourth-order valence-electron chi connectivity index (χ4n) is 6.63. The molecule has 0 aliphatic carbocycles. The molecule has 0 saturated carbocycles. The number of hydrogen-bond acceptors (Lipinski definition) is 4. The summed E-state index contributed by atoms with van der Waals surface area (Å²) >= 11 is 0. The third kappa shape index (κ3) is 35.0. The maximum absolute atomic E-state index is 12.5. The molecule has 3 unspecified atom stereocenters. The average Bonchev–Trinajstić information content (AvgIpc) is 3.11. The Morgan fingerprint density at radius 1 is 0.490 bits per heavy atom. The van der Waals surface area contributed by atoms with Crippen LogP contribution in [-0.2, 0) is 4.79 Å². The Balaban J connectivity index is 3.64. The lowest BCUT2D eigenvalue weighted by Gasteiger charge is -2.23. The van der Waals surface area contributed by atoms with Gasteiger partial charge in [-0.15, -0.1) is 0 Å². The van der Waals surface area contributed by atoms with E-state index in [-0.39, 0.29) is 6.61 Å². The molecule has 5 heteroatoms. The minimum atomic E-state index is -1.08. The molecule has 0 radical (unpaired) electrons. The second kappa shape index (κ2) is 39.6. The van der Waals surface area contributed by atoms with Gasteiger partial charge >= 0.3 is 0 Å². The molecule has 0 aromatic rings. The van der Waals surface area contributed by atoms with Crippen LogP contribution in [0.3, 0.4) is 0 Å². The van der Waals surface area contributed by atoms with E-state index >= 15 is 0 Å². The van der Waals surface area contributed by atoms with Crippen LogP contribution < -0.4 is 5.32 Å². The molecule has 290 valence electrons. The third-order valence-corrected chi connectivity index (χ3v) is 10.1. The third-order valence-electron chi connectivity index (χ3n) is 10.1. The smallest absolute Gasteiger partial charge is 0.249 e. The zero-order valence-corrected chi connectivity index (χ0v) is 32.8. The van der Waals surface area contributed by atoms with Crippen molar-refractivity contribution in [3.63, 3.8) is 0 Å². The summed E-state index contributed by atoms with van der Waals surface area (Å²) in [7, 11) is 0. The van der Waals surface area contributed by atoms with E-state index in [0.717, 1.165) is 44.9 Å². The van der Waals surface area contributed by atoms with Gasteiger partial charge < -0.3 is 20.6 Å². The number of unbranched alkanes of at least 4 members (excludes halogenated alkanes) is 27. The molecule has 0 aromatic carbocycles. The minimum absolute atomic E-state index is 0.316. The van der Waals surface area contributed by atoms with Crippen LogP contribution in [0.1, 0.15) is 226 Å². The Morgan fingerprint density at radius 3 is 1.27 bits per heavy atom. The number of aliphatic hydroxyl groups excluding tert-OH is 3. The second-order valence-electron chi connectivity index (χ2n) is 14.9. The van der Waals surface area contributed by atoms with Crippen molar-refractivity contribution in [2.24, 2.45) is 0 Å². The van der Waals surface area contributed by atoms with E-state index < -0.39 is 24.2 Å². The molecule has 0 bridgehead atoms. The topological polar surface area (TPSA) is 89.8 Å². The molecule has 5 nitrogen and oxygen atoms in total. The van der Waals surface area contributed by atoms with Crippen molar-refractivity contribution in [1.29, 1.82) is 0 Å². The van der Waals surface area contributed by atoms with Gasteiger partial charge in [-0.1, -0.05) is 205 Å². The lowest BCUT2D eigenvalue weighted by molar-refractivity contribution is -0.131. The van der Waals surface area contributed by atoms with E-state index in [2.05, 4.69) is 43.5 Å². The first-order chi connectivity index (χ1) is 24.1. The van der Waals surface area contributed by atoms with Crippen LogP contribution in [0.2, 0.25) is 0 Å². The van der Waals surface area contributed by atoms with E-state index in [1.807, 2.05) is 0 Å². The monoisotopic (exact) mass is 692 g/mol. The first-order valence-corrected chi connectivity index (χ1v) is 21.6. The van der Waals surface area contributed by atoms with E-state index in [9.17, 15) is 20.1 Å². The largest absolute Gasteiger partial charge is 0.394 e. The van der Waals surface area contributed by atoms with Crippen molar-refractivity contribution >= 4 is 5.91 Å². The van der Waals surface area contributed by atoms with Gasteiger partial charge in [0.05, 0.1) is 18.8 Å². The van der Waals surface area contributed by atoms with Gasteiger partial charge in [-0.25, -0.2) is 0 Å². The van der Waals surface area contributed by atoms with Crippen molar-refractivity contribution in [1.82, 2.24) is 5.32 Å². The van der Waals surface area contributed by atoms with Gasteiger partial charge in [-0.2, -0.15) is 0 Å². The normalized spacial score (nSPS) is 13.8. The Morgan fingerprint density at radius 2 is 0.837 bits per heavy atom. The number of hydrogen-bond donors (Lipinski definition) is 4. The number of allylic oxidation sites excluding steroid dienone is 4. The fraction of sp³-hybridized carbons (Fsp3) is 0.886. The number of carbonyl (C=O) groups excluding carboxylic acids is 1. The SMILES string of the molecule is CCCCC/C=C\C/C=C\CCCCCCCCC(O)C(=O)NC(CO)C(O)CCCCCCCCCCCCCCCCCCCCC. The lowest BCUT2D eigenvalue weighted by Crippen LogP contribution is -2.49. The first-order valence-electron chi connectivity index (χ1n) is 21.6. The molecule has 0 aromatic heterocycles. The van der Waals surface area contributed by atoms with Crippen LogP contribution >= 0.6 is 0 Å². The molecule has 4 N–H and O–H groups in total. The fourth-order valence-corrected chi connectivity index (χ4v) is 6.63. The lowest BCUT2D eigenvalue weighted by atomic mass is 10.0. The summed E-state index contributed by atoms with van der Waals surface area (Å²) in [6, 6.07) is -0.714. The summed E-state index contributed by atoms with van der Waals surface area (Å²) in [4.78, 5) is 12.5. The van der Waals surface area contributed by atoms with Crippen molar-refractivity contribution in [2.75, 3.05) is 6.61 Å². The molecule has 0 aliphatic heterocycles. The van der Waals surface area contributed by atoms with Gasteiger partial charge in [-0.3, -0.25) is 4.79 Å². The number of carbonyl (C=O) groups is 1. The summed E-state index contributed by atoms with van der Waals surface area (Å²) in [6.07, 6.45) is 47.4. The van der Waals surface area contributed by atoms with Gasteiger partial charge in [-0.05, 0) is 44.9 Å². The van der Waals surface area contributed by atoms with Crippen molar-refractivity contribution in [2.45, 2.75) is 244 Å². The van der Waals surface area contributed by atoms with Crippen molar-refractivity contribution < 1.29 is 20.1 Å². The highest BCUT2D eigenvalue weighted by Crippen LogP contribution is 2.16. The zero-order valence-electron chi connectivity index (χ0n) is 32.8. The van der Waals surface area contributed by atoms with Crippen LogP contribution in [0.5, 0.6) is 0 Å². The molecule has 0 heterocycles. The van der Waals surface area contributed by atoms with Crippen LogP contribution in [0.15, 0.2) is 24.3 Å². The predicted octanol–water partition coefficient (Wildman–Crippen LogP) is 12.2. The van der Waals surface area contributed by atoms with Crippen LogP contribution in [0.4, 0.5) is 0 Å². The van der Waals surface area contributed by atoms with Gasteiger partial charge in [0.1, 0.15) is 6.10 Å². The number of rotatable bonds is 39. The number of amides is 1. The molecule has 0 fully saturated rings. The molecule has 0 spiro atoms. The van der Waals surface area contributed by atoms with Gasteiger partial charge in [0, 0.05) is 0 Å². The summed E-state index contributed by atoms with van der Waals surface area (Å²) < 4.78 is 0. The molecular weight excluding hydrogens is 606 g/mol. The molecule has 49 heavy (non-hydrogen) atoms. The molecule has 0 rings (SSSR count). The minimum Gasteiger partial charge on any atom is -0.394 e. The van der Waals surface area contributed by atoms with Gasteiger partial charge in [0.25, 0.3) is 0 Å². The van der Waals surface area contributed by atoms with Crippen LogP contribution in [0.25, 0.3) is 0 Å². The quantitative estimate of drug-likeness (QED) is 0.0381. The highest BCUT2D eigenvalue weighted by Gasteiger charge is 2.23. The Hall–Kier alpha value is -1.17. The Bertz CT molecular complexity index is 724. The van der Waals surface area contributed by atoms with Crippen LogP contribution in [0, 0.1) is 0 Å². The average molecular weight is 692 g/mol. The second-order valence-corrected chi connectivity index (χ2v) is 14.9. The van der Waals surface area contributed by atoms with Gasteiger partial charge in [0.2, 0.25) is 5.91 Å². The molecule has 0 aliphatic rings. The molecular formula is C44H85NO4. The van der Waals surface area contributed by atoms with E-state index in [1.54, 1.807) is 0 Å². The number of nitrogens with one attached hydrogen (secondary N) is 1. The van der Waals surface area contributed by atoms with Crippen molar-refractivity contribution in [3.05, 3.63) is 24.3 Å². The first kappa shape index (κ1) is 47.8.